The molecular formula is C19H19N3O5. The number of nitro groups is 1. The van der Waals surface area contributed by atoms with Crippen LogP contribution in [-0.2, 0) is 0 Å². The van der Waals surface area contributed by atoms with Crippen molar-refractivity contribution >= 4 is 28.3 Å². The van der Waals surface area contributed by atoms with Crippen molar-refractivity contribution in [2.45, 2.75) is 6.92 Å². The molecule has 140 valence electrons. The molecule has 0 atom stereocenters. The van der Waals surface area contributed by atoms with Gasteiger partial charge < -0.3 is 19.8 Å². The Morgan fingerprint density at radius 1 is 1.19 bits per heavy atom. The zero-order valence-corrected chi connectivity index (χ0v) is 14.9. The third-order valence-electron chi connectivity index (χ3n) is 4.17. The molecule has 2 aromatic carbocycles. The summed E-state index contributed by atoms with van der Waals surface area (Å²) in [5, 5.41) is 17.4. The van der Waals surface area contributed by atoms with Crippen LogP contribution in [-0.4, -0.2) is 31.0 Å². The second-order valence-corrected chi connectivity index (χ2v) is 5.90. The van der Waals surface area contributed by atoms with Crippen LogP contribution in [0.4, 0.5) is 11.4 Å². The molecule has 1 heterocycles. The number of nitro benzene ring substituents is 1. The highest BCUT2D eigenvalue weighted by atomic mass is 16.6. The van der Waals surface area contributed by atoms with Crippen molar-refractivity contribution in [1.29, 1.82) is 0 Å². The number of anilines is 1. The Bertz CT molecular complexity index is 979. The van der Waals surface area contributed by atoms with Crippen LogP contribution >= 0.6 is 0 Å². The van der Waals surface area contributed by atoms with E-state index in [0.717, 1.165) is 16.6 Å². The highest BCUT2D eigenvalue weighted by molar-refractivity contribution is 5.99. The van der Waals surface area contributed by atoms with Gasteiger partial charge in [-0.15, -0.1) is 0 Å². The van der Waals surface area contributed by atoms with E-state index in [1.807, 2.05) is 13.0 Å². The molecule has 0 radical (unpaired) electrons. The summed E-state index contributed by atoms with van der Waals surface area (Å²) in [6, 6.07) is 11.5. The van der Waals surface area contributed by atoms with E-state index in [-0.39, 0.29) is 17.4 Å². The predicted molar refractivity (Wildman–Crippen MR) is 101 cm³/mol. The first kappa shape index (κ1) is 18.2. The molecule has 8 nitrogen and oxygen atoms in total. The minimum absolute atomic E-state index is 0.0332. The first-order chi connectivity index (χ1) is 13.0. The van der Waals surface area contributed by atoms with Crippen LogP contribution in [0, 0.1) is 17.0 Å². The number of ether oxygens (including phenoxy) is 1. The van der Waals surface area contributed by atoms with Gasteiger partial charge in [-0.3, -0.25) is 14.9 Å². The lowest BCUT2D eigenvalue weighted by Gasteiger charge is -2.07. The van der Waals surface area contributed by atoms with E-state index in [0.29, 0.717) is 24.4 Å². The zero-order valence-electron chi connectivity index (χ0n) is 14.9. The number of nitrogens with zero attached hydrogens (tertiary/aromatic N) is 1. The normalized spacial score (nSPS) is 10.6. The number of aryl methyl sites for hydroxylation is 1. The van der Waals surface area contributed by atoms with Gasteiger partial charge in [0.1, 0.15) is 11.3 Å². The van der Waals surface area contributed by atoms with Crippen molar-refractivity contribution in [2.24, 2.45) is 0 Å². The number of amides is 1. The highest BCUT2D eigenvalue weighted by Gasteiger charge is 2.17. The van der Waals surface area contributed by atoms with E-state index in [2.05, 4.69) is 10.6 Å². The first-order valence-electron chi connectivity index (χ1n) is 8.33. The quantitative estimate of drug-likeness (QED) is 0.375. The van der Waals surface area contributed by atoms with Crippen molar-refractivity contribution in [3.8, 4) is 5.75 Å². The number of hydrogen-bond acceptors (Lipinski definition) is 6. The Morgan fingerprint density at radius 2 is 1.93 bits per heavy atom. The Hall–Kier alpha value is -3.55. The molecule has 0 fully saturated rings. The lowest BCUT2D eigenvalue weighted by molar-refractivity contribution is -0.384. The van der Waals surface area contributed by atoms with Gasteiger partial charge in [-0.25, -0.2) is 0 Å². The van der Waals surface area contributed by atoms with Crippen molar-refractivity contribution in [2.75, 3.05) is 25.5 Å². The fourth-order valence-corrected chi connectivity index (χ4v) is 2.71. The average molecular weight is 369 g/mol. The topological polar surface area (TPSA) is 107 Å². The number of carbonyl (C=O) groups excluding carboxylic acids is 1. The molecule has 8 heteroatoms. The predicted octanol–water partition coefficient (Wildman–Crippen LogP) is 3.50. The molecule has 2 N–H and O–H groups in total. The Labute approximate surface area is 155 Å². The summed E-state index contributed by atoms with van der Waals surface area (Å²) in [7, 11) is 1.59. The number of furan rings is 1. The summed E-state index contributed by atoms with van der Waals surface area (Å²) >= 11 is 0. The molecule has 27 heavy (non-hydrogen) atoms. The molecule has 0 aliphatic rings. The van der Waals surface area contributed by atoms with Crippen molar-refractivity contribution in [1.82, 2.24) is 5.32 Å². The van der Waals surface area contributed by atoms with Gasteiger partial charge in [0.05, 0.1) is 12.0 Å². The third kappa shape index (κ3) is 4.00. The molecule has 0 aliphatic heterocycles. The standard InChI is InChI=1S/C19H19N3O5/c1-12-16-11-15(26-2)7-8-17(16)27-18(12)19(23)21-10-9-20-13-3-5-14(6-4-13)22(24)25/h3-8,11,20H,9-10H2,1-2H3,(H,21,23). The smallest absolute Gasteiger partial charge is 0.287 e. The molecule has 0 saturated carbocycles. The highest BCUT2D eigenvalue weighted by Crippen LogP contribution is 2.28. The molecule has 0 aliphatic carbocycles. The number of hydrogen-bond donors (Lipinski definition) is 2. The molecule has 0 unspecified atom stereocenters. The molecule has 1 amide bonds. The SMILES string of the molecule is COc1ccc2oc(C(=O)NCCNc3ccc([N+](=O)[O-])cc3)c(C)c2c1. The van der Waals surface area contributed by atoms with Crippen LogP contribution in [0.15, 0.2) is 46.9 Å². The van der Waals surface area contributed by atoms with Crippen LogP contribution < -0.4 is 15.4 Å². The number of non-ortho nitro benzene ring substituents is 1. The van der Waals surface area contributed by atoms with E-state index in [4.69, 9.17) is 9.15 Å². The van der Waals surface area contributed by atoms with Gasteiger partial charge in [0, 0.05) is 41.9 Å². The maximum absolute atomic E-state index is 12.4. The number of nitrogens with one attached hydrogen (secondary N) is 2. The summed E-state index contributed by atoms with van der Waals surface area (Å²) < 4.78 is 10.9. The van der Waals surface area contributed by atoms with Gasteiger partial charge >= 0.3 is 0 Å². The van der Waals surface area contributed by atoms with E-state index < -0.39 is 4.92 Å². The monoisotopic (exact) mass is 369 g/mol. The number of rotatable bonds is 7. The van der Waals surface area contributed by atoms with Gasteiger partial charge in [0.15, 0.2) is 5.76 Å². The fourth-order valence-electron chi connectivity index (χ4n) is 2.71. The Kier molecular flexibility index (Phi) is 5.25. The number of fused-ring (bicyclic) bond motifs is 1. The van der Waals surface area contributed by atoms with Crippen LogP contribution in [0.1, 0.15) is 16.1 Å². The number of benzene rings is 2. The number of methoxy groups -OCH3 is 1. The van der Waals surface area contributed by atoms with Crippen LogP contribution in [0.2, 0.25) is 0 Å². The van der Waals surface area contributed by atoms with Gasteiger partial charge in [-0.2, -0.15) is 0 Å². The summed E-state index contributed by atoms with van der Waals surface area (Å²) in [4.78, 5) is 22.6. The van der Waals surface area contributed by atoms with E-state index in [1.54, 1.807) is 31.4 Å². The maximum atomic E-state index is 12.4. The van der Waals surface area contributed by atoms with Crippen molar-refractivity contribution in [3.05, 3.63) is 63.9 Å². The Balaban J connectivity index is 1.57. The van der Waals surface area contributed by atoms with Gasteiger partial charge in [-0.1, -0.05) is 0 Å². The van der Waals surface area contributed by atoms with Crippen LogP contribution in [0.3, 0.4) is 0 Å². The molecule has 1 aromatic heterocycles. The second kappa shape index (κ2) is 7.77. The minimum Gasteiger partial charge on any atom is -0.497 e. The maximum Gasteiger partial charge on any atom is 0.287 e. The molecule has 0 bridgehead atoms. The lowest BCUT2D eigenvalue weighted by Crippen LogP contribution is -2.28. The van der Waals surface area contributed by atoms with Gasteiger partial charge in [0.2, 0.25) is 0 Å². The summed E-state index contributed by atoms with van der Waals surface area (Å²) in [5.74, 6) is 0.674. The van der Waals surface area contributed by atoms with Crippen LogP contribution in [0.25, 0.3) is 11.0 Å². The third-order valence-corrected chi connectivity index (χ3v) is 4.17. The van der Waals surface area contributed by atoms with Crippen molar-refractivity contribution < 1.29 is 18.9 Å². The molecular weight excluding hydrogens is 350 g/mol. The Morgan fingerprint density at radius 3 is 2.59 bits per heavy atom. The molecule has 0 saturated heterocycles. The van der Waals surface area contributed by atoms with E-state index in [1.165, 1.54) is 12.1 Å². The molecule has 3 aromatic rings. The van der Waals surface area contributed by atoms with Gasteiger partial charge in [-0.05, 0) is 37.3 Å². The second-order valence-electron chi connectivity index (χ2n) is 5.90. The fraction of sp³-hybridized carbons (Fsp3) is 0.211. The number of carbonyl (C=O) groups is 1. The van der Waals surface area contributed by atoms with Crippen molar-refractivity contribution in [3.63, 3.8) is 0 Å². The summed E-state index contributed by atoms with van der Waals surface area (Å²) in [6.45, 7) is 2.67. The van der Waals surface area contributed by atoms with E-state index in [9.17, 15) is 14.9 Å². The molecule has 0 spiro atoms. The minimum atomic E-state index is -0.449. The largest absolute Gasteiger partial charge is 0.497 e. The zero-order chi connectivity index (χ0) is 19.4. The van der Waals surface area contributed by atoms with Gasteiger partial charge in [0.25, 0.3) is 11.6 Å². The average Bonchev–Trinajstić information content (AvgIpc) is 3.01. The molecule has 3 rings (SSSR count). The summed E-state index contributed by atoms with van der Waals surface area (Å²) in [6.07, 6.45) is 0. The van der Waals surface area contributed by atoms with E-state index >= 15 is 0 Å². The lowest BCUT2D eigenvalue weighted by atomic mass is 10.1. The first-order valence-corrected chi connectivity index (χ1v) is 8.33. The van der Waals surface area contributed by atoms with Crippen LogP contribution in [0.5, 0.6) is 5.75 Å². The summed E-state index contributed by atoms with van der Waals surface area (Å²) in [5.41, 5.74) is 2.15.